The van der Waals surface area contributed by atoms with Gasteiger partial charge in [-0.25, -0.2) is 0 Å². The van der Waals surface area contributed by atoms with E-state index in [0.717, 1.165) is 15.9 Å². The highest BCUT2D eigenvalue weighted by Crippen LogP contribution is 2.24. The molecular weight excluding hydrogens is 371 g/mol. The summed E-state index contributed by atoms with van der Waals surface area (Å²) in [6.07, 6.45) is 6.87. The fraction of sp³-hybridized carbons (Fsp3) is 0.625. The molecule has 19 heavy (non-hydrogen) atoms. The predicted molar refractivity (Wildman–Crippen MR) is 92.4 cm³/mol. The van der Waals surface area contributed by atoms with Gasteiger partial charge >= 0.3 is 0 Å². The molecule has 1 rings (SSSR count). The van der Waals surface area contributed by atoms with Crippen LogP contribution in [-0.2, 0) is 4.74 Å². The molecule has 0 aliphatic heterocycles. The van der Waals surface area contributed by atoms with Gasteiger partial charge in [0.05, 0.1) is 12.2 Å². The van der Waals surface area contributed by atoms with Crippen molar-refractivity contribution in [3.05, 3.63) is 34.9 Å². The molecule has 0 aliphatic rings. The maximum Gasteiger partial charge on any atom is 0.0917 e. The normalized spacial score (nSPS) is 14.3. The Labute approximate surface area is 136 Å². The van der Waals surface area contributed by atoms with Crippen LogP contribution in [0.5, 0.6) is 0 Å². The number of hydrogen-bond donors (Lipinski definition) is 0. The van der Waals surface area contributed by atoms with Gasteiger partial charge in [0.2, 0.25) is 0 Å². The third-order valence-electron chi connectivity index (χ3n) is 3.24. The molecule has 0 N–H and O–H groups in total. The Kier molecular flexibility index (Phi) is 9.08. The maximum atomic E-state index is 6.16. The molecular formula is C16H24ClIO. The van der Waals surface area contributed by atoms with Gasteiger partial charge in [-0.2, -0.15) is 0 Å². The minimum atomic E-state index is 0.180. The summed E-state index contributed by atoms with van der Waals surface area (Å²) in [5, 5.41) is 0.781. The van der Waals surface area contributed by atoms with Crippen molar-refractivity contribution in [2.75, 3.05) is 4.43 Å². The van der Waals surface area contributed by atoms with E-state index in [9.17, 15) is 0 Å². The molecule has 1 nitrogen and oxygen atoms in total. The Hall–Kier alpha value is 0.200. The second-order valence-corrected chi connectivity index (χ2v) is 6.31. The predicted octanol–water partition coefficient (Wildman–Crippen LogP) is 6.19. The smallest absolute Gasteiger partial charge is 0.0917 e. The van der Waals surface area contributed by atoms with Crippen molar-refractivity contribution in [2.45, 2.75) is 58.2 Å². The Balaban J connectivity index is 2.41. The molecule has 0 spiro atoms. The van der Waals surface area contributed by atoms with Crippen molar-refractivity contribution in [3.8, 4) is 0 Å². The molecule has 0 amide bonds. The first-order valence-corrected chi connectivity index (χ1v) is 9.04. The third kappa shape index (κ3) is 6.96. The third-order valence-corrected chi connectivity index (χ3v) is 4.29. The van der Waals surface area contributed by atoms with E-state index in [1.807, 2.05) is 12.1 Å². The lowest BCUT2D eigenvalue weighted by atomic mass is 10.1. The minimum absolute atomic E-state index is 0.180. The van der Waals surface area contributed by atoms with Gasteiger partial charge in [-0.15, -0.1) is 0 Å². The lowest BCUT2D eigenvalue weighted by Crippen LogP contribution is -2.14. The highest BCUT2D eigenvalue weighted by molar-refractivity contribution is 14.1. The molecule has 0 aromatic heterocycles. The van der Waals surface area contributed by atoms with E-state index in [0.29, 0.717) is 6.10 Å². The van der Waals surface area contributed by atoms with E-state index in [4.69, 9.17) is 16.3 Å². The van der Waals surface area contributed by atoms with Gasteiger partial charge in [0.25, 0.3) is 0 Å². The lowest BCUT2D eigenvalue weighted by Gasteiger charge is -2.21. The summed E-state index contributed by atoms with van der Waals surface area (Å²) >= 11 is 8.31. The molecule has 3 heteroatoms. The van der Waals surface area contributed by atoms with E-state index in [1.165, 1.54) is 31.2 Å². The fourth-order valence-electron chi connectivity index (χ4n) is 2.09. The van der Waals surface area contributed by atoms with Crippen molar-refractivity contribution < 1.29 is 4.74 Å². The average Bonchev–Trinajstić information content (AvgIpc) is 2.42. The zero-order valence-corrected chi connectivity index (χ0v) is 14.8. The summed E-state index contributed by atoms with van der Waals surface area (Å²) in [4.78, 5) is 0. The van der Waals surface area contributed by atoms with E-state index < -0.39 is 0 Å². The van der Waals surface area contributed by atoms with Crippen LogP contribution in [0.4, 0.5) is 0 Å². The van der Waals surface area contributed by atoms with Crippen LogP contribution in [0.3, 0.4) is 0 Å². The van der Waals surface area contributed by atoms with Crippen molar-refractivity contribution in [3.63, 3.8) is 0 Å². The quantitative estimate of drug-likeness (QED) is 0.275. The number of ether oxygens (including phenoxy) is 1. The van der Waals surface area contributed by atoms with Gasteiger partial charge in [-0.1, -0.05) is 78.9 Å². The largest absolute Gasteiger partial charge is 0.370 e. The number of rotatable bonds is 9. The molecule has 0 bridgehead atoms. The molecule has 2 atom stereocenters. The molecule has 0 fully saturated rings. The van der Waals surface area contributed by atoms with Gasteiger partial charge < -0.3 is 4.74 Å². The van der Waals surface area contributed by atoms with Crippen molar-refractivity contribution in [2.24, 2.45) is 0 Å². The molecule has 2 unspecified atom stereocenters. The zero-order chi connectivity index (χ0) is 14.1. The summed E-state index contributed by atoms with van der Waals surface area (Å²) in [7, 11) is 0. The number of halogens is 2. The lowest BCUT2D eigenvalue weighted by molar-refractivity contribution is 0.00583. The number of benzene rings is 1. The van der Waals surface area contributed by atoms with Gasteiger partial charge in [0.15, 0.2) is 0 Å². The van der Waals surface area contributed by atoms with Gasteiger partial charge in [0, 0.05) is 9.45 Å². The SMILES string of the molecule is CCCCCCC(C)OC(CI)c1ccc(Cl)cc1. The van der Waals surface area contributed by atoms with E-state index in [2.05, 4.69) is 48.6 Å². The Bertz CT molecular complexity index is 339. The Morgan fingerprint density at radius 1 is 1.16 bits per heavy atom. The van der Waals surface area contributed by atoms with E-state index >= 15 is 0 Å². The second-order valence-electron chi connectivity index (χ2n) is 4.99. The molecule has 0 saturated heterocycles. The van der Waals surface area contributed by atoms with Crippen LogP contribution < -0.4 is 0 Å². The molecule has 0 heterocycles. The summed E-state index contributed by atoms with van der Waals surface area (Å²) in [6, 6.07) is 8.00. The fourth-order valence-corrected chi connectivity index (χ4v) is 2.93. The molecule has 108 valence electrons. The van der Waals surface area contributed by atoms with Crippen molar-refractivity contribution in [1.29, 1.82) is 0 Å². The van der Waals surface area contributed by atoms with Crippen LogP contribution in [0.15, 0.2) is 24.3 Å². The number of hydrogen-bond acceptors (Lipinski definition) is 1. The first-order valence-electron chi connectivity index (χ1n) is 7.14. The summed E-state index contributed by atoms with van der Waals surface area (Å²) < 4.78 is 7.13. The van der Waals surface area contributed by atoms with Crippen molar-refractivity contribution >= 4 is 34.2 Å². The Morgan fingerprint density at radius 3 is 2.42 bits per heavy atom. The number of unbranched alkanes of at least 4 members (excludes halogenated alkanes) is 3. The summed E-state index contributed by atoms with van der Waals surface area (Å²) in [6.45, 7) is 4.42. The van der Waals surface area contributed by atoms with Gasteiger partial charge in [-0.05, 0) is 31.0 Å². The molecule has 0 saturated carbocycles. The molecule has 1 aromatic rings. The highest BCUT2D eigenvalue weighted by atomic mass is 127. The second kappa shape index (κ2) is 10.0. The zero-order valence-electron chi connectivity index (χ0n) is 11.9. The van der Waals surface area contributed by atoms with Gasteiger partial charge in [0.1, 0.15) is 0 Å². The van der Waals surface area contributed by atoms with E-state index in [1.54, 1.807) is 0 Å². The first-order chi connectivity index (χ1) is 9.17. The summed E-state index contributed by atoms with van der Waals surface area (Å²) in [5.74, 6) is 0. The first kappa shape index (κ1) is 17.3. The van der Waals surface area contributed by atoms with Crippen LogP contribution in [0.1, 0.15) is 57.6 Å². The van der Waals surface area contributed by atoms with Crippen LogP contribution in [0, 0.1) is 0 Å². The Morgan fingerprint density at radius 2 is 1.84 bits per heavy atom. The topological polar surface area (TPSA) is 9.23 Å². The number of alkyl halides is 1. The van der Waals surface area contributed by atoms with E-state index in [-0.39, 0.29) is 6.10 Å². The van der Waals surface area contributed by atoms with Gasteiger partial charge in [-0.3, -0.25) is 0 Å². The van der Waals surface area contributed by atoms with Crippen LogP contribution in [-0.4, -0.2) is 10.5 Å². The summed E-state index contributed by atoms with van der Waals surface area (Å²) in [5.41, 5.74) is 1.22. The molecule has 0 aliphatic carbocycles. The maximum absolute atomic E-state index is 6.16. The highest BCUT2D eigenvalue weighted by Gasteiger charge is 2.14. The standard InChI is InChI=1S/C16H24ClIO/c1-3-4-5-6-7-13(2)19-16(12-18)14-8-10-15(17)11-9-14/h8-11,13,16H,3-7,12H2,1-2H3. The van der Waals surface area contributed by atoms with Crippen molar-refractivity contribution in [1.82, 2.24) is 0 Å². The monoisotopic (exact) mass is 394 g/mol. The van der Waals surface area contributed by atoms with Crippen LogP contribution in [0.25, 0.3) is 0 Å². The minimum Gasteiger partial charge on any atom is -0.370 e. The van der Waals surface area contributed by atoms with Crippen LogP contribution >= 0.6 is 34.2 Å². The average molecular weight is 395 g/mol. The molecule has 0 radical (unpaired) electrons. The van der Waals surface area contributed by atoms with Crippen LogP contribution in [0.2, 0.25) is 5.02 Å². The molecule has 1 aromatic carbocycles.